The highest BCUT2D eigenvalue weighted by atomic mass is 16.5. The van der Waals surface area contributed by atoms with Crippen LogP contribution in [0.3, 0.4) is 0 Å². The van der Waals surface area contributed by atoms with E-state index in [0.717, 1.165) is 24.7 Å². The van der Waals surface area contributed by atoms with Crippen LogP contribution in [0.25, 0.3) is 0 Å². The van der Waals surface area contributed by atoms with E-state index in [-0.39, 0.29) is 24.3 Å². The molecule has 0 saturated heterocycles. The highest BCUT2D eigenvalue weighted by Crippen LogP contribution is 2.31. The summed E-state index contributed by atoms with van der Waals surface area (Å²) in [6.45, 7) is 4.27. The largest absolute Gasteiger partial charge is 0.460 e. The summed E-state index contributed by atoms with van der Waals surface area (Å²) in [5, 5.41) is 3.23. The molecule has 4 rings (SSSR count). The van der Waals surface area contributed by atoms with Crippen molar-refractivity contribution in [2.24, 2.45) is 21.8 Å². The topological polar surface area (TPSA) is 55.2 Å². The van der Waals surface area contributed by atoms with Crippen molar-refractivity contribution in [3.8, 4) is 0 Å². The molecule has 0 bridgehead atoms. The van der Waals surface area contributed by atoms with Gasteiger partial charge in [0.15, 0.2) is 0 Å². The lowest BCUT2D eigenvalue weighted by atomic mass is 9.85. The number of ether oxygens (including phenoxy) is 2. The Kier molecular flexibility index (Phi) is 7.36. The first kappa shape index (κ1) is 21.0. The van der Waals surface area contributed by atoms with Crippen LogP contribution in [0.4, 0.5) is 0 Å². The van der Waals surface area contributed by atoms with Crippen LogP contribution < -0.4 is 5.32 Å². The molecule has 4 unspecified atom stereocenters. The fourth-order valence-corrected chi connectivity index (χ4v) is 5.66. The molecule has 2 aliphatic carbocycles. The second-order valence-electron chi connectivity index (χ2n) is 9.94. The molecule has 0 radical (unpaired) electrons. The van der Waals surface area contributed by atoms with Gasteiger partial charge in [-0.25, -0.2) is 9.98 Å². The lowest BCUT2D eigenvalue weighted by molar-refractivity contribution is 0.184. The maximum atomic E-state index is 5.98. The Morgan fingerprint density at radius 3 is 1.48 bits per heavy atom. The van der Waals surface area contributed by atoms with Gasteiger partial charge < -0.3 is 9.47 Å². The zero-order valence-electron chi connectivity index (χ0n) is 18.6. The van der Waals surface area contributed by atoms with Gasteiger partial charge in [0.05, 0.1) is 12.1 Å². The standard InChI is InChI=1S/C24H41N3O2/c1-17-21(15-13-19-9-5-3-6-10-19)25-23(28-17)27-24-26-22(18(2)29-24)16-14-20-11-7-4-8-12-20/h17-22H,3-16H2,1-2H3,(H,25,26,27). The first-order valence-corrected chi connectivity index (χ1v) is 12.4. The monoisotopic (exact) mass is 403 g/mol. The number of aliphatic imine (C=N–C) groups is 2. The van der Waals surface area contributed by atoms with E-state index in [1.807, 2.05) is 0 Å². The Morgan fingerprint density at radius 1 is 0.655 bits per heavy atom. The number of amidine groups is 2. The summed E-state index contributed by atoms with van der Waals surface area (Å²) in [4.78, 5) is 9.62. The van der Waals surface area contributed by atoms with E-state index in [1.54, 1.807) is 0 Å². The van der Waals surface area contributed by atoms with Crippen LogP contribution in [0, 0.1) is 11.8 Å². The molecule has 2 saturated carbocycles. The van der Waals surface area contributed by atoms with E-state index in [1.165, 1.54) is 77.0 Å². The van der Waals surface area contributed by atoms with E-state index in [2.05, 4.69) is 19.2 Å². The van der Waals surface area contributed by atoms with Crippen LogP contribution in [-0.4, -0.2) is 36.3 Å². The molecule has 2 fully saturated rings. The summed E-state index contributed by atoms with van der Waals surface area (Å²) in [7, 11) is 0. The summed E-state index contributed by atoms with van der Waals surface area (Å²) in [5.74, 6) is 1.80. The van der Waals surface area contributed by atoms with Gasteiger partial charge in [-0.3, -0.25) is 5.32 Å². The molecule has 5 nitrogen and oxygen atoms in total. The minimum Gasteiger partial charge on any atom is -0.460 e. The molecule has 2 heterocycles. The van der Waals surface area contributed by atoms with E-state index in [9.17, 15) is 0 Å². The Hall–Kier alpha value is -1.26. The molecule has 0 aromatic rings. The van der Waals surface area contributed by atoms with Crippen molar-refractivity contribution in [3.63, 3.8) is 0 Å². The van der Waals surface area contributed by atoms with Crippen LogP contribution >= 0.6 is 0 Å². The molecule has 0 aromatic carbocycles. The second-order valence-corrected chi connectivity index (χ2v) is 9.94. The lowest BCUT2D eigenvalue weighted by Gasteiger charge is -2.22. The minimum atomic E-state index is 0.141. The summed E-state index contributed by atoms with van der Waals surface area (Å²) < 4.78 is 12.0. The third kappa shape index (κ3) is 5.88. The van der Waals surface area contributed by atoms with Crippen LogP contribution in [0.5, 0.6) is 0 Å². The molecular weight excluding hydrogens is 362 g/mol. The fourth-order valence-electron chi connectivity index (χ4n) is 5.66. The van der Waals surface area contributed by atoms with Crippen molar-refractivity contribution in [1.29, 1.82) is 0 Å². The van der Waals surface area contributed by atoms with Gasteiger partial charge in [0.25, 0.3) is 12.0 Å². The van der Waals surface area contributed by atoms with Crippen LogP contribution in [0.2, 0.25) is 0 Å². The molecule has 164 valence electrons. The maximum absolute atomic E-state index is 5.98. The lowest BCUT2D eigenvalue weighted by Crippen LogP contribution is -2.32. The first-order chi connectivity index (χ1) is 14.2. The average Bonchev–Trinajstić information content (AvgIpc) is 3.27. The van der Waals surface area contributed by atoms with Crippen molar-refractivity contribution in [2.45, 2.75) is 128 Å². The number of nitrogens with zero attached hydrogens (tertiary/aromatic N) is 2. The Balaban J connectivity index is 1.23. The summed E-state index contributed by atoms with van der Waals surface area (Å²) in [5.41, 5.74) is 0. The molecule has 29 heavy (non-hydrogen) atoms. The number of hydrogen-bond acceptors (Lipinski definition) is 5. The van der Waals surface area contributed by atoms with Crippen LogP contribution in [0.15, 0.2) is 9.98 Å². The van der Waals surface area contributed by atoms with Crippen molar-refractivity contribution in [2.75, 3.05) is 0 Å². The molecule has 0 aromatic heterocycles. The van der Waals surface area contributed by atoms with Crippen LogP contribution in [-0.2, 0) is 9.47 Å². The normalized spacial score (nSPS) is 33.7. The highest BCUT2D eigenvalue weighted by Gasteiger charge is 2.32. The Bertz CT molecular complexity index is 529. The van der Waals surface area contributed by atoms with Gasteiger partial charge in [-0.2, -0.15) is 0 Å². The van der Waals surface area contributed by atoms with Gasteiger partial charge in [-0.15, -0.1) is 0 Å². The Morgan fingerprint density at radius 2 is 1.07 bits per heavy atom. The molecule has 0 amide bonds. The molecular formula is C24H41N3O2. The van der Waals surface area contributed by atoms with Gasteiger partial charge in [-0.1, -0.05) is 64.2 Å². The minimum absolute atomic E-state index is 0.141. The number of nitrogens with one attached hydrogen (secondary N) is 1. The van der Waals surface area contributed by atoms with Gasteiger partial charge in [0.2, 0.25) is 0 Å². The first-order valence-electron chi connectivity index (χ1n) is 12.4. The van der Waals surface area contributed by atoms with Crippen molar-refractivity contribution in [3.05, 3.63) is 0 Å². The van der Waals surface area contributed by atoms with E-state index in [4.69, 9.17) is 19.5 Å². The molecule has 4 atom stereocenters. The molecule has 0 spiro atoms. The predicted octanol–water partition coefficient (Wildman–Crippen LogP) is 5.58. The quantitative estimate of drug-likeness (QED) is 0.629. The van der Waals surface area contributed by atoms with Crippen molar-refractivity contribution in [1.82, 2.24) is 5.32 Å². The molecule has 5 heteroatoms. The molecule has 4 aliphatic rings. The van der Waals surface area contributed by atoms with Gasteiger partial charge >= 0.3 is 0 Å². The average molecular weight is 404 g/mol. The Labute approximate surface area is 177 Å². The van der Waals surface area contributed by atoms with E-state index >= 15 is 0 Å². The summed E-state index contributed by atoms with van der Waals surface area (Å²) >= 11 is 0. The molecule has 2 aliphatic heterocycles. The van der Waals surface area contributed by atoms with E-state index < -0.39 is 0 Å². The third-order valence-corrected chi connectivity index (χ3v) is 7.65. The highest BCUT2D eigenvalue weighted by molar-refractivity contribution is 5.94. The van der Waals surface area contributed by atoms with Crippen molar-refractivity contribution >= 4 is 12.0 Å². The van der Waals surface area contributed by atoms with E-state index in [0.29, 0.717) is 12.0 Å². The number of rotatable bonds is 6. The zero-order chi connectivity index (χ0) is 20.1. The predicted molar refractivity (Wildman–Crippen MR) is 118 cm³/mol. The van der Waals surface area contributed by atoms with Crippen molar-refractivity contribution < 1.29 is 9.47 Å². The SMILES string of the molecule is CC1OC(NC2=NC(CCC3CCCCC3)C(C)O2)=NC1CCC1CCCCC1. The fraction of sp³-hybridized carbons (Fsp3) is 0.917. The third-order valence-electron chi connectivity index (χ3n) is 7.65. The second kappa shape index (κ2) is 10.2. The smallest absolute Gasteiger partial charge is 0.293 e. The summed E-state index contributed by atoms with van der Waals surface area (Å²) in [6.07, 6.45) is 19.2. The van der Waals surface area contributed by atoms with Gasteiger partial charge in [0, 0.05) is 0 Å². The van der Waals surface area contributed by atoms with Gasteiger partial charge in [0.1, 0.15) is 12.2 Å². The zero-order valence-corrected chi connectivity index (χ0v) is 18.6. The molecule has 1 N–H and O–H groups in total. The van der Waals surface area contributed by atoms with Gasteiger partial charge in [-0.05, 0) is 51.4 Å². The van der Waals surface area contributed by atoms with Crippen LogP contribution in [0.1, 0.15) is 104 Å². The maximum Gasteiger partial charge on any atom is 0.293 e. The number of hydrogen-bond donors (Lipinski definition) is 1. The summed E-state index contributed by atoms with van der Waals surface area (Å²) in [6, 6.07) is 1.73.